The van der Waals surface area contributed by atoms with Gasteiger partial charge in [0.25, 0.3) is 0 Å². The molecule has 9 nitrogen and oxygen atoms in total. The van der Waals surface area contributed by atoms with E-state index in [9.17, 15) is 26.3 Å². The summed E-state index contributed by atoms with van der Waals surface area (Å²) in [6, 6.07) is 21.7. The number of carbonyl (C=O) groups excluding carboxylic acids is 2. The van der Waals surface area contributed by atoms with E-state index in [4.69, 9.17) is 24.5 Å². The smallest absolute Gasteiger partial charge is 0.430 e. The van der Waals surface area contributed by atoms with Crippen LogP contribution in [0.4, 0.5) is 37.7 Å². The fourth-order valence-electron chi connectivity index (χ4n) is 4.32. The van der Waals surface area contributed by atoms with Crippen LogP contribution in [0.15, 0.2) is 73.1 Å². The molecule has 0 atom stereocenters. The maximum absolute atomic E-state index is 10.5. The third-order valence-corrected chi connectivity index (χ3v) is 7.33. The minimum absolute atomic E-state index is 0.678. The molecule has 2 N–H and O–H groups in total. The number of pyridine rings is 2. The van der Waals surface area contributed by atoms with Gasteiger partial charge < -0.3 is 35.2 Å². The Morgan fingerprint density at radius 2 is 1.04 bits per heavy atom. The van der Waals surface area contributed by atoms with E-state index in [-0.39, 0.29) is 0 Å². The third kappa shape index (κ3) is 10.9. The van der Waals surface area contributed by atoms with Crippen molar-refractivity contribution in [3.05, 3.63) is 73.1 Å². The number of benzene rings is 2. The second-order valence-electron chi connectivity index (χ2n) is 9.53. The van der Waals surface area contributed by atoms with Crippen LogP contribution in [-0.4, -0.2) is 62.1 Å². The summed E-state index contributed by atoms with van der Waals surface area (Å²) in [5.41, 5.74) is 4.88. The molecule has 0 radical (unpaired) electrons. The molecule has 46 heavy (non-hydrogen) atoms. The van der Waals surface area contributed by atoms with Crippen molar-refractivity contribution in [2.45, 2.75) is 25.4 Å². The predicted molar refractivity (Wildman–Crippen MR) is 156 cm³/mol. The van der Waals surface area contributed by atoms with Crippen LogP contribution in [0.25, 0.3) is 21.8 Å². The highest BCUT2D eigenvalue weighted by atomic mass is 32.2. The number of carboxylic acid groups (broad SMARTS) is 2. The molecule has 4 heterocycles. The van der Waals surface area contributed by atoms with E-state index in [1.54, 1.807) is 0 Å². The number of nitrogens with one attached hydrogen (secondary N) is 2. The van der Waals surface area contributed by atoms with Crippen LogP contribution < -0.4 is 30.0 Å². The van der Waals surface area contributed by atoms with Crippen molar-refractivity contribution in [3.63, 3.8) is 0 Å². The first-order valence-electron chi connectivity index (χ1n) is 13.8. The Hall–Kier alpha value is -4.31. The fraction of sp³-hybridized carbons (Fsp3) is 0.333. The van der Waals surface area contributed by atoms with Crippen LogP contribution in [-0.2, 0) is 27.4 Å². The largest absolute Gasteiger partial charge is 0.542 e. The Labute approximate surface area is 263 Å². The van der Waals surface area contributed by atoms with Gasteiger partial charge in [-0.3, -0.25) is 0 Å². The fourth-order valence-corrected chi connectivity index (χ4v) is 5.17. The van der Waals surface area contributed by atoms with Gasteiger partial charge in [-0.2, -0.15) is 35.5 Å². The molecular formula is C30H30F6N4O5S. The summed E-state index contributed by atoms with van der Waals surface area (Å²) in [4.78, 5) is 17.6. The number of alkyl halides is 6. The molecule has 6 rings (SSSR count). The third-order valence-electron chi connectivity index (χ3n) is 6.39. The van der Waals surface area contributed by atoms with Gasteiger partial charge in [0.15, 0.2) is 25.5 Å². The zero-order valence-corrected chi connectivity index (χ0v) is 25.0. The van der Waals surface area contributed by atoms with Gasteiger partial charge in [0.2, 0.25) is 11.0 Å². The van der Waals surface area contributed by atoms with E-state index >= 15 is 0 Å². The van der Waals surface area contributed by atoms with E-state index in [1.807, 2.05) is 11.8 Å². The van der Waals surface area contributed by atoms with Crippen molar-refractivity contribution < 1.29 is 60.0 Å². The lowest BCUT2D eigenvalue weighted by molar-refractivity contribution is -0.667. The molecule has 2 aliphatic heterocycles. The summed E-state index contributed by atoms with van der Waals surface area (Å²) in [6.07, 6.45) is -5.98. The highest BCUT2D eigenvalue weighted by Gasteiger charge is 2.29. The number of carbonyl (C=O) groups is 2. The van der Waals surface area contributed by atoms with Gasteiger partial charge in [0.05, 0.1) is 46.9 Å². The van der Waals surface area contributed by atoms with Crippen LogP contribution in [0, 0.1) is 0 Å². The number of hydrogen-bond donors (Lipinski definition) is 2. The second kappa shape index (κ2) is 16.8. The number of ether oxygens (including phenoxy) is 1. The minimum atomic E-state index is -5.19. The highest BCUT2D eigenvalue weighted by Crippen LogP contribution is 2.22. The molecule has 2 aromatic carbocycles. The summed E-state index contributed by atoms with van der Waals surface area (Å²) >= 11 is 2.01. The van der Waals surface area contributed by atoms with E-state index in [2.05, 4.69) is 92.8 Å². The van der Waals surface area contributed by atoms with Gasteiger partial charge in [0.1, 0.15) is 11.9 Å². The molecule has 0 fully saturated rings. The summed E-state index contributed by atoms with van der Waals surface area (Å²) in [6.45, 7) is 4.94. The maximum Gasteiger partial charge on any atom is 0.430 e. The van der Waals surface area contributed by atoms with E-state index in [0.29, 0.717) is 13.2 Å². The standard InChI is InChI=1S/C26H28N4OS.2C2HF3O2/c1-3-7-25-21(5-1)23-9-13-29(25)15-19-32-20-16-30-14-10-24(22-6-2-4-8-26(22)30)28-12-18-31-17-11-27-23;2*3-2(4,5)1(6)7/h1-10,13-14H,11-12,15-20H2;2*(H,6,7). The number of nitrogens with zero attached hydrogens (tertiary/aromatic N) is 2. The number of rotatable bonds is 0. The Bertz CT molecular complexity index is 1500. The first-order valence-corrected chi connectivity index (χ1v) is 15.0. The van der Waals surface area contributed by atoms with Gasteiger partial charge in [-0.25, -0.2) is 0 Å². The molecule has 2 aromatic heterocycles. The predicted octanol–water partition coefficient (Wildman–Crippen LogP) is 2.45. The van der Waals surface area contributed by atoms with Crippen molar-refractivity contribution in [3.8, 4) is 0 Å². The topological polar surface area (TPSA) is 121 Å². The van der Waals surface area contributed by atoms with Crippen LogP contribution in [0.5, 0.6) is 0 Å². The van der Waals surface area contributed by atoms with Gasteiger partial charge in [-0.15, -0.1) is 11.8 Å². The highest BCUT2D eigenvalue weighted by molar-refractivity contribution is 7.99. The summed E-state index contributed by atoms with van der Waals surface area (Å²) in [7, 11) is 0. The Kier molecular flexibility index (Phi) is 13.2. The molecule has 4 bridgehead atoms. The van der Waals surface area contributed by atoms with Crippen LogP contribution in [0.1, 0.15) is 0 Å². The van der Waals surface area contributed by atoms with E-state index < -0.39 is 24.3 Å². The molecule has 2 aliphatic rings. The normalized spacial score (nSPS) is 14.6. The number of para-hydroxylation sites is 2. The van der Waals surface area contributed by atoms with Crippen molar-refractivity contribution in [1.29, 1.82) is 0 Å². The maximum atomic E-state index is 10.5. The first kappa shape index (κ1) is 36.2. The molecule has 248 valence electrons. The van der Waals surface area contributed by atoms with Gasteiger partial charge in [-0.1, -0.05) is 24.3 Å². The van der Waals surface area contributed by atoms with Crippen molar-refractivity contribution in [2.24, 2.45) is 0 Å². The second-order valence-corrected chi connectivity index (χ2v) is 10.8. The Balaban J connectivity index is 0.000000345. The number of anilines is 2. The molecule has 0 saturated heterocycles. The first-order chi connectivity index (χ1) is 21.8. The van der Waals surface area contributed by atoms with Crippen molar-refractivity contribution >= 4 is 56.9 Å². The molecule has 0 spiro atoms. The summed E-state index contributed by atoms with van der Waals surface area (Å²) < 4.78 is 73.7. The lowest BCUT2D eigenvalue weighted by Crippen LogP contribution is -2.37. The average molecular weight is 673 g/mol. The molecule has 0 amide bonds. The lowest BCUT2D eigenvalue weighted by Gasteiger charge is -2.12. The van der Waals surface area contributed by atoms with Gasteiger partial charge in [-0.05, 0) is 12.1 Å². The number of fused-ring (bicyclic) bond motifs is 12. The van der Waals surface area contributed by atoms with E-state index in [0.717, 1.165) is 37.7 Å². The number of halogens is 6. The zero-order chi connectivity index (χ0) is 33.7. The molecule has 16 heteroatoms. The molecule has 0 aliphatic carbocycles. The summed E-state index contributed by atoms with van der Waals surface area (Å²) in [5, 5.41) is 27.2. The number of aromatic nitrogens is 2. The van der Waals surface area contributed by atoms with Crippen LogP contribution in [0.2, 0.25) is 0 Å². The molecular weight excluding hydrogens is 642 g/mol. The van der Waals surface area contributed by atoms with Crippen molar-refractivity contribution in [2.75, 3.05) is 48.4 Å². The number of carboxylic acids is 2. The van der Waals surface area contributed by atoms with Crippen LogP contribution in [0.3, 0.4) is 0 Å². The Morgan fingerprint density at radius 3 is 1.41 bits per heavy atom. The average Bonchev–Trinajstić information content (AvgIpc) is 3.01. The lowest BCUT2D eigenvalue weighted by atomic mass is 10.2. The monoisotopic (exact) mass is 672 g/mol. The van der Waals surface area contributed by atoms with Gasteiger partial charge >= 0.3 is 12.4 Å². The molecule has 4 aromatic rings. The number of aliphatic carboxylic acids is 2. The molecule has 0 saturated carbocycles. The number of aryl methyl sites for hydroxylation is 2. The summed E-state index contributed by atoms with van der Waals surface area (Å²) in [5.74, 6) is -3.83. The van der Waals surface area contributed by atoms with Gasteiger partial charge in [0, 0.05) is 37.4 Å². The van der Waals surface area contributed by atoms with Crippen molar-refractivity contribution in [1.82, 2.24) is 0 Å². The Morgan fingerprint density at radius 1 is 0.674 bits per heavy atom. The zero-order valence-electron chi connectivity index (χ0n) is 24.2. The van der Waals surface area contributed by atoms with E-state index in [1.165, 1.54) is 33.2 Å². The number of thioether (sulfide) groups is 1. The molecule has 0 unspecified atom stereocenters. The SMILES string of the molecule is O=C([O-])C(F)(F)F.O=C([O-])C(F)(F)F.c1ccc2c(c1)c1cc[n+]2CCSCC[n+]2ccc(c3ccccc32)NCCOCCN1. The minimum Gasteiger partial charge on any atom is -0.542 e. The van der Waals surface area contributed by atoms with Crippen LogP contribution >= 0.6 is 11.8 Å². The quantitative estimate of drug-likeness (QED) is 0.166. The number of hydrogen-bond acceptors (Lipinski definition) is 8.